The highest BCUT2D eigenvalue weighted by atomic mass is 32.2. The Balaban J connectivity index is 2.44. The summed E-state index contributed by atoms with van der Waals surface area (Å²) in [7, 11) is -3.23. The van der Waals surface area contributed by atoms with Gasteiger partial charge in [-0.05, 0) is 17.9 Å². The molecule has 7 nitrogen and oxygen atoms in total. The molecule has 1 rings (SSSR count). The Morgan fingerprint density at radius 2 is 2.00 bits per heavy atom. The molecule has 2 unspecified atom stereocenters. The third kappa shape index (κ3) is 6.61. The Bertz CT molecular complexity index is 533. The Morgan fingerprint density at radius 1 is 1.38 bits per heavy atom. The molecule has 120 valence electrons. The van der Waals surface area contributed by atoms with Gasteiger partial charge in [0, 0.05) is 12.0 Å². The van der Waals surface area contributed by atoms with Gasteiger partial charge < -0.3 is 15.7 Å². The molecule has 0 saturated heterocycles. The molecule has 0 aliphatic carbocycles. The van der Waals surface area contributed by atoms with Crippen LogP contribution in [0.3, 0.4) is 0 Å². The van der Waals surface area contributed by atoms with Gasteiger partial charge in [-0.3, -0.25) is 4.79 Å². The second-order valence-electron chi connectivity index (χ2n) is 6.42. The van der Waals surface area contributed by atoms with Gasteiger partial charge in [0.05, 0.1) is 17.7 Å². The lowest BCUT2D eigenvalue weighted by Crippen LogP contribution is -2.45. The number of carbonyl (C=O) groups is 2. The Kier molecular flexibility index (Phi) is 5.38. The van der Waals surface area contributed by atoms with Gasteiger partial charge in [0.2, 0.25) is 0 Å². The van der Waals surface area contributed by atoms with E-state index in [-0.39, 0.29) is 17.7 Å². The van der Waals surface area contributed by atoms with E-state index in [1.54, 1.807) is 0 Å². The number of carboxylic acids is 1. The fourth-order valence-electron chi connectivity index (χ4n) is 2.09. The molecule has 0 aromatic carbocycles. The Labute approximate surface area is 124 Å². The second kappa shape index (κ2) is 6.46. The van der Waals surface area contributed by atoms with E-state index < -0.39 is 33.8 Å². The van der Waals surface area contributed by atoms with Gasteiger partial charge in [0.1, 0.15) is 0 Å². The molecule has 0 bridgehead atoms. The highest BCUT2D eigenvalue weighted by Crippen LogP contribution is 2.24. The van der Waals surface area contributed by atoms with Crippen molar-refractivity contribution in [1.29, 1.82) is 0 Å². The maximum absolute atomic E-state index is 11.7. The highest BCUT2D eigenvalue weighted by molar-refractivity contribution is 7.94. The van der Waals surface area contributed by atoms with E-state index in [2.05, 4.69) is 10.6 Å². The standard InChI is InChI=1S/C13H22N2O5S/c1-13(2,3)6-9(11(16)17)7-14-12(18)15-10-4-5-21(19,20)8-10/h4-5,9-10H,6-8H2,1-3H3,(H,16,17)(H2,14,15,18). The Morgan fingerprint density at radius 3 is 2.43 bits per heavy atom. The molecule has 2 amide bonds. The van der Waals surface area contributed by atoms with Crippen LogP contribution in [0, 0.1) is 11.3 Å². The number of carboxylic acid groups (broad SMARTS) is 1. The first-order valence-corrected chi connectivity index (χ1v) is 8.38. The molecule has 1 aliphatic heterocycles. The first-order valence-electron chi connectivity index (χ1n) is 6.67. The number of aliphatic carboxylic acids is 1. The molecule has 1 aliphatic rings. The van der Waals surface area contributed by atoms with Gasteiger partial charge in [0.25, 0.3) is 0 Å². The van der Waals surface area contributed by atoms with Crippen molar-refractivity contribution in [2.45, 2.75) is 33.2 Å². The minimum Gasteiger partial charge on any atom is -0.481 e. The molecule has 1 heterocycles. The molecule has 0 radical (unpaired) electrons. The minimum absolute atomic E-state index is 0.00161. The van der Waals surface area contributed by atoms with Crippen molar-refractivity contribution in [3.05, 3.63) is 11.5 Å². The zero-order valence-corrected chi connectivity index (χ0v) is 13.2. The van der Waals surface area contributed by atoms with Crippen molar-refractivity contribution >= 4 is 21.8 Å². The van der Waals surface area contributed by atoms with E-state index in [9.17, 15) is 18.0 Å². The number of hydrogen-bond donors (Lipinski definition) is 3. The van der Waals surface area contributed by atoms with Crippen molar-refractivity contribution in [2.75, 3.05) is 12.3 Å². The number of urea groups is 1. The number of nitrogens with one attached hydrogen (secondary N) is 2. The largest absolute Gasteiger partial charge is 0.481 e. The van der Waals surface area contributed by atoms with Crippen LogP contribution in [0.5, 0.6) is 0 Å². The van der Waals surface area contributed by atoms with E-state index in [0.29, 0.717) is 6.42 Å². The predicted molar refractivity (Wildman–Crippen MR) is 78.4 cm³/mol. The van der Waals surface area contributed by atoms with Crippen molar-refractivity contribution in [3.63, 3.8) is 0 Å². The van der Waals surface area contributed by atoms with Gasteiger partial charge in [0.15, 0.2) is 9.84 Å². The fraction of sp³-hybridized carbons (Fsp3) is 0.692. The molecular weight excluding hydrogens is 296 g/mol. The molecule has 8 heteroatoms. The summed E-state index contributed by atoms with van der Waals surface area (Å²) in [5.74, 6) is -1.81. The summed E-state index contributed by atoms with van der Waals surface area (Å²) in [6.45, 7) is 5.78. The predicted octanol–water partition coefficient (Wildman–Crippen LogP) is 0.733. The van der Waals surface area contributed by atoms with Crippen LogP contribution in [0.1, 0.15) is 27.2 Å². The normalized spacial score (nSPS) is 21.8. The minimum atomic E-state index is -3.23. The lowest BCUT2D eigenvalue weighted by molar-refractivity contribution is -0.142. The van der Waals surface area contributed by atoms with E-state index in [0.717, 1.165) is 5.41 Å². The molecule has 0 spiro atoms. The number of sulfone groups is 1. The van der Waals surface area contributed by atoms with E-state index in [4.69, 9.17) is 5.11 Å². The molecule has 0 fully saturated rings. The number of hydrogen-bond acceptors (Lipinski definition) is 4. The van der Waals surface area contributed by atoms with Gasteiger partial charge in [-0.2, -0.15) is 0 Å². The Hall–Kier alpha value is -1.57. The third-order valence-corrected chi connectivity index (χ3v) is 4.36. The fourth-order valence-corrected chi connectivity index (χ4v) is 3.32. The van der Waals surface area contributed by atoms with E-state index in [1.165, 1.54) is 6.08 Å². The van der Waals surface area contributed by atoms with Crippen LogP contribution in [0.4, 0.5) is 4.79 Å². The highest BCUT2D eigenvalue weighted by Gasteiger charge is 2.26. The summed E-state index contributed by atoms with van der Waals surface area (Å²) in [5, 5.41) is 15.2. The summed E-state index contributed by atoms with van der Waals surface area (Å²) in [6.07, 6.45) is 1.83. The van der Waals surface area contributed by atoms with Gasteiger partial charge in [-0.1, -0.05) is 20.8 Å². The summed E-state index contributed by atoms with van der Waals surface area (Å²) >= 11 is 0. The summed E-state index contributed by atoms with van der Waals surface area (Å²) in [6, 6.07) is -1.14. The SMILES string of the molecule is CC(C)(C)CC(CNC(=O)NC1C=CS(=O)(=O)C1)C(=O)O. The summed E-state index contributed by atoms with van der Waals surface area (Å²) in [5.41, 5.74) is -0.163. The molecular formula is C13H22N2O5S. The quantitative estimate of drug-likeness (QED) is 0.692. The van der Waals surface area contributed by atoms with Gasteiger partial charge in [-0.15, -0.1) is 0 Å². The zero-order valence-electron chi connectivity index (χ0n) is 12.4. The lowest BCUT2D eigenvalue weighted by atomic mass is 9.84. The maximum atomic E-state index is 11.7. The van der Waals surface area contributed by atoms with Crippen LogP contribution in [0.15, 0.2) is 11.5 Å². The van der Waals surface area contributed by atoms with Crippen molar-refractivity contribution in [3.8, 4) is 0 Å². The molecule has 0 aromatic rings. The average Bonchev–Trinajstić information content (AvgIpc) is 2.62. The summed E-state index contributed by atoms with van der Waals surface area (Å²) < 4.78 is 22.4. The molecule has 0 aromatic heterocycles. The van der Waals surface area contributed by atoms with Crippen LogP contribution < -0.4 is 10.6 Å². The van der Waals surface area contributed by atoms with Crippen molar-refractivity contribution in [1.82, 2.24) is 10.6 Å². The van der Waals surface area contributed by atoms with Crippen LogP contribution >= 0.6 is 0 Å². The van der Waals surface area contributed by atoms with Gasteiger partial charge in [-0.25, -0.2) is 13.2 Å². The second-order valence-corrected chi connectivity index (χ2v) is 8.35. The lowest BCUT2D eigenvalue weighted by Gasteiger charge is -2.23. The van der Waals surface area contributed by atoms with Crippen LogP contribution in [-0.4, -0.2) is 43.9 Å². The number of rotatable bonds is 5. The molecule has 21 heavy (non-hydrogen) atoms. The average molecular weight is 318 g/mol. The third-order valence-electron chi connectivity index (χ3n) is 2.96. The topological polar surface area (TPSA) is 113 Å². The number of carbonyl (C=O) groups excluding carboxylic acids is 1. The van der Waals surface area contributed by atoms with Crippen LogP contribution in [0.2, 0.25) is 0 Å². The van der Waals surface area contributed by atoms with Crippen LogP contribution in [0.25, 0.3) is 0 Å². The van der Waals surface area contributed by atoms with E-state index in [1.807, 2.05) is 20.8 Å². The monoisotopic (exact) mass is 318 g/mol. The van der Waals surface area contributed by atoms with Crippen molar-refractivity contribution < 1.29 is 23.1 Å². The maximum Gasteiger partial charge on any atom is 0.315 e. The van der Waals surface area contributed by atoms with E-state index >= 15 is 0 Å². The van der Waals surface area contributed by atoms with Crippen LogP contribution in [-0.2, 0) is 14.6 Å². The first-order chi connectivity index (χ1) is 9.48. The molecule has 0 saturated carbocycles. The van der Waals surface area contributed by atoms with Crippen molar-refractivity contribution in [2.24, 2.45) is 11.3 Å². The van der Waals surface area contributed by atoms with Gasteiger partial charge >= 0.3 is 12.0 Å². The zero-order chi connectivity index (χ0) is 16.3. The molecule has 3 N–H and O–H groups in total. The first kappa shape index (κ1) is 17.5. The molecule has 2 atom stereocenters. The smallest absolute Gasteiger partial charge is 0.315 e. The summed E-state index contributed by atoms with van der Waals surface area (Å²) in [4.78, 5) is 22.8. The number of amides is 2.